The molecule has 1 N–H and O–H groups in total. The number of aliphatic hydroxyl groups excluding tert-OH is 1. The van der Waals surface area contributed by atoms with Crippen molar-refractivity contribution in [3.05, 3.63) is 0 Å². The van der Waals surface area contributed by atoms with E-state index in [1.54, 1.807) is 0 Å². The van der Waals surface area contributed by atoms with E-state index in [-0.39, 0.29) is 18.5 Å². The largest absolute Gasteiger partial charge is 0.466 e. The first-order valence-corrected chi connectivity index (χ1v) is 23.6. The Morgan fingerprint density at radius 2 is 1.00 bits per heavy atom. The van der Waals surface area contributed by atoms with Gasteiger partial charge in [-0.15, -0.1) is 0 Å². The summed E-state index contributed by atoms with van der Waals surface area (Å²) in [6, 6.07) is 0. The second kappa shape index (κ2) is 36.5. The number of hydrogen-bond donors (Lipinski definition) is 1. The van der Waals surface area contributed by atoms with Crippen LogP contribution in [-0.4, -0.2) is 61.4 Å². The van der Waals surface area contributed by atoms with Gasteiger partial charge in [-0.3, -0.25) is 9.59 Å². The number of rotatable bonds is 42. The quantitative estimate of drug-likeness (QED) is 0.0495. The number of aliphatic hydroxyl groups is 1. The first-order chi connectivity index (χ1) is 26.0. The molecule has 0 aromatic carbocycles. The summed E-state index contributed by atoms with van der Waals surface area (Å²) in [6.07, 6.45) is 40.2. The summed E-state index contributed by atoms with van der Waals surface area (Å²) in [6.45, 7) is 11.6. The Labute approximate surface area is 330 Å². The Bertz CT molecular complexity index is 801. The molecule has 53 heavy (non-hydrogen) atoms. The molecule has 1 aliphatic rings. The molecular weight excluding hydrogens is 659 g/mol. The molecule has 0 aromatic rings. The zero-order valence-corrected chi connectivity index (χ0v) is 35.9. The zero-order valence-electron chi connectivity index (χ0n) is 35.9. The van der Waals surface area contributed by atoms with Crippen LogP contribution in [0.3, 0.4) is 0 Å². The smallest absolute Gasteiger partial charge is 0.305 e. The van der Waals surface area contributed by atoms with Crippen molar-refractivity contribution in [1.29, 1.82) is 0 Å². The molecule has 1 aliphatic carbocycles. The lowest BCUT2D eigenvalue weighted by Gasteiger charge is -2.25. The molecule has 0 amide bonds. The van der Waals surface area contributed by atoms with Gasteiger partial charge in [0.1, 0.15) is 0 Å². The topological polar surface area (TPSA) is 76.1 Å². The van der Waals surface area contributed by atoms with Crippen molar-refractivity contribution in [3.8, 4) is 0 Å². The van der Waals surface area contributed by atoms with Gasteiger partial charge in [-0.05, 0) is 108 Å². The molecule has 6 nitrogen and oxygen atoms in total. The van der Waals surface area contributed by atoms with Gasteiger partial charge in [0.05, 0.1) is 13.2 Å². The summed E-state index contributed by atoms with van der Waals surface area (Å²) in [4.78, 5) is 27.4. The van der Waals surface area contributed by atoms with Crippen molar-refractivity contribution in [3.63, 3.8) is 0 Å². The van der Waals surface area contributed by atoms with Crippen LogP contribution in [0.25, 0.3) is 0 Å². The number of esters is 2. The molecule has 0 spiro atoms. The fourth-order valence-corrected chi connectivity index (χ4v) is 7.87. The Kier molecular flexibility index (Phi) is 34.3. The average Bonchev–Trinajstić information content (AvgIpc) is 3.94. The number of carbonyl (C=O) groups is 2. The maximum atomic E-state index is 12.6. The highest BCUT2D eigenvalue weighted by Crippen LogP contribution is 2.53. The summed E-state index contributed by atoms with van der Waals surface area (Å²) < 4.78 is 11.3. The van der Waals surface area contributed by atoms with E-state index in [1.807, 2.05) is 0 Å². The molecule has 1 rings (SSSR count). The minimum absolute atomic E-state index is 0.00781. The van der Waals surface area contributed by atoms with E-state index in [0.29, 0.717) is 37.4 Å². The molecule has 0 atom stereocenters. The van der Waals surface area contributed by atoms with Gasteiger partial charge in [0, 0.05) is 19.4 Å². The van der Waals surface area contributed by atoms with Crippen LogP contribution >= 0.6 is 0 Å². The number of carbonyl (C=O) groups excluding carboxylic acids is 2. The molecular formula is C47H91NO5. The molecule has 0 unspecified atom stereocenters. The minimum Gasteiger partial charge on any atom is -0.466 e. The molecule has 0 saturated heterocycles. The number of unbranched alkanes of at least 4 members (excludes halogenated alkanes) is 20. The van der Waals surface area contributed by atoms with Gasteiger partial charge < -0.3 is 19.5 Å². The molecule has 0 aliphatic heterocycles. The van der Waals surface area contributed by atoms with Crippen molar-refractivity contribution >= 4 is 11.9 Å². The second-order valence-corrected chi connectivity index (χ2v) is 17.0. The van der Waals surface area contributed by atoms with Crippen LogP contribution in [0.2, 0.25) is 0 Å². The molecule has 314 valence electrons. The molecule has 0 bridgehead atoms. The lowest BCUT2D eigenvalue weighted by atomic mass is 9.94. The summed E-state index contributed by atoms with van der Waals surface area (Å²) in [5.74, 6) is 0.540. The van der Waals surface area contributed by atoms with Crippen molar-refractivity contribution in [1.82, 2.24) is 4.90 Å². The van der Waals surface area contributed by atoms with Crippen molar-refractivity contribution in [2.24, 2.45) is 11.3 Å². The normalized spacial score (nSPS) is 13.6. The monoisotopic (exact) mass is 750 g/mol. The molecule has 6 heteroatoms. The number of nitrogens with zero attached hydrogens (tertiary/aromatic N) is 1. The van der Waals surface area contributed by atoms with E-state index in [4.69, 9.17) is 9.47 Å². The second-order valence-electron chi connectivity index (χ2n) is 17.0. The molecule has 0 aromatic heterocycles. The van der Waals surface area contributed by atoms with Crippen LogP contribution in [0.5, 0.6) is 0 Å². The first-order valence-electron chi connectivity index (χ1n) is 23.6. The fourth-order valence-electron chi connectivity index (χ4n) is 7.87. The third-order valence-corrected chi connectivity index (χ3v) is 11.9. The Hall–Kier alpha value is -1.14. The summed E-state index contributed by atoms with van der Waals surface area (Å²) in [5, 5.41) is 9.35. The molecule has 1 saturated carbocycles. The van der Waals surface area contributed by atoms with Gasteiger partial charge in [-0.25, -0.2) is 0 Å². The van der Waals surface area contributed by atoms with Gasteiger partial charge >= 0.3 is 11.9 Å². The van der Waals surface area contributed by atoms with Crippen molar-refractivity contribution < 1.29 is 24.2 Å². The number of ether oxygens (including phenoxy) is 2. The third kappa shape index (κ3) is 31.7. The van der Waals surface area contributed by atoms with E-state index in [9.17, 15) is 14.7 Å². The van der Waals surface area contributed by atoms with E-state index in [2.05, 4.69) is 25.7 Å². The highest BCUT2D eigenvalue weighted by atomic mass is 16.5. The lowest BCUT2D eigenvalue weighted by molar-refractivity contribution is -0.145. The van der Waals surface area contributed by atoms with Gasteiger partial charge in [0.2, 0.25) is 0 Å². The molecule has 0 heterocycles. The third-order valence-electron chi connectivity index (χ3n) is 11.9. The highest BCUT2D eigenvalue weighted by Gasteiger charge is 2.41. The first kappa shape index (κ1) is 49.9. The van der Waals surface area contributed by atoms with Crippen molar-refractivity contribution in [2.75, 3.05) is 39.5 Å². The Morgan fingerprint density at radius 1 is 0.528 bits per heavy atom. The standard InChI is InChI=1S/C47H91NO5/c1-4-7-10-13-14-20-29-42-52-45(50)33-24-25-34-47(35-36-47)37-40-48(39-27-28-41-49)38-26-19-15-18-23-32-46(51)53-43-44(30-21-16-11-8-5-2)31-22-17-12-9-6-3/h44,49H,4-43H2,1-3H3. The Morgan fingerprint density at radius 3 is 1.57 bits per heavy atom. The van der Waals surface area contributed by atoms with Crippen LogP contribution in [0, 0.1) is 11.3 Å². The van der Waals surface area contributed by atoms with Crippen LogP contribution in [-0.2, 0) is 19.1 Å². The van der Waals surface area contributed by atoms with Gasteiger partial charge in [-0.2, -0.15) is 0 Å². The summed E-state index contributed by atoms with van der Waals surface area (Å²) >= 11 is 0. The summed E-state index contributed by atoms with van der Waals surface area (Å²) in [5.41, 5.74) is 0.495. The van der Waals surface area contributed by atoms with E-state index in [1.165, 1.54) is 161 Å². The van der Waals surface area contributed by atoms with E-state index >= 15 is 0 Å². The van der Waals surface area contributed by atoms with Crippen LogP contribution in [0.15, 0.2) is 0 Å². The Balaban J connectivity index is 2.21. The van der Waals surface area contributed by atoms with Gasteiger partial charge in [-0.1, -0.05) is 149 Å². The zero-order chi connectivity index (χ0) is 38.5. The predicted octanol–water partition coefficient (Wildman–Crippen LogP) is 13.3. The average molecular weight is 750 g/mol. The van der Waals surface area contributed by atoms with E-state index < -0.39 is 0 Å². The van der Waals surface area contributed by atoms with Crippen LogP contribution in [0.1, 0.15) is 239 Å². The minimum atomic E-state index is -0.00781. The van der Waals surface area contributed by atoms with Gasteiger partial charge in [0.25, 0.3) is 0 Å². The van der Waals surface area contributed by atoms with Crippen LogP contribution < -0.4 is 0 Å². The summed E-state index contributed by atoms with van der Waals surface area (Å²) in [7, 11) is 0. The van der Waals surface area contributed by atoms with Gasteiger partial charge in [0.15, 0.2) is 0 Å². The SMILES string of the molecule is CCCCCCCCCOC(=O)CCCCC1(CCN(CCCCO)CCCCCCCC(=O)OCC(CCCCCCC)CCCCCCC)CC1. The fraction of sp³-hybridized carbons (Fsp3) is 0.957. The maximum Gasteiger partial charge on any atom is 0.305 e. The van der Waals surface area contributed by atoms with Crippen LogP contribution in [0.4, 0.5) is 0 Å². The molecule has 0 radical (unpaired) electrons. The lowest BCUT2D eigenvalue weighted by Crippen LogP contribution is -2.29. The maximum absolute atomic E-state index is 12.6. The van der Waals surface area contributed by atoms with E-state index in [0.717, 1.165) is 64.6 Å². The number of hydrogen-bond acceptors (Lipinski definition) is 6. The predicted molar refractivity (Wildman–Crippen MR) is 225 cm³/mol. The molecule has 1 fully saturated rings. The van der Waals surface area contributed by atoms with Crippen molar-refractivity contribution in [2.45, 2.75) is 239 Å². The highest BCUT2D eigenvalue weighted by molar-refractivity contribution is 5.69.